The zero-order valence-corrected chi connectivity index (χ0v) is 11.9. The van der Waals surface area contributed by atoms with Crippen molar-refractivity contribution in [3.63, 3.8) is 0 Å². The van der Waals surface area contributed by atoms with Crippen molar-refractivity contribution in [2.24, 2.45) is 0 Å². The van der Waals surface area contributed by atoms with Gasteiger partial charge in [0.2, 0.25) is 0 Å². The molecule has 2 heterocycles. The van der Waals surface area contributed by atoms with E-state index in [0.717, 1.165) is 0 Å². The van der Waals surface area contributed by atoms with E-state index in [4.69, 9.17) is 14.6 Å². The number of aliphatic hydroxyl groups is 7. The number of hydrogen-bond donors (Lipinski definition) is 7. The molecule has 0 aliphatic carbocycles. The van der Waals surface area contributed by atoms with Gasteiger partial charge in [0.1, 0.15) is 36.6 Å². The van der Waals surface area contributed by atoms with Gasteiger partial charge in [-0.3, -0.25) is 0 Å². The second-order valence-corrected chi connectivity index (χ2v) is 5.39. The largest absolute Gasteiger partial charge is 0.455 e. The summed E-state index contributed by atoms with van der Waals surface area (Å²) in [5.41, 5.74) is 0. The van der Waals surface area contributed by atoms with E-state index in [-0.39, 0.29) is 0 Å². The van der Waals surface area contributed by atoms with Gasteiger partial charge in [-0.05, 0) is 0 Å². The number of rotatable bonds is 4. The first-order chi connectivity index (χ1) is 10.8. The lowest BCUT2D eigenvalue weighted by Gasteiger charge is -2.43. The molecule has 0 radical (unpaired) electrons. The van der Waals surface area contributed by atoms with E-state index < -0.39 is 74.3 Å². The third-order valence-corrected chi connectivity index (χ3v) is 3.86. The molecule has 2 fully saturated rings. The smallest absolute Gasteiger partial charge is 0.338 e. The summed E-state index contributed by atoms with van der Waals surface area (Å²) >= 11 is 0. The van der Waals surface area contributed by atoms with E-state index in [2.05, 4.69) is 4.74 Å². The lowest BCUT2D eigenvalue weighted by Crippen LogP contribution is -2.63. The van der Waals surface area contributed by atoms with Gasteiger partial charge in [0.15, 0.2) is 18.5 Å². The molecule has 2 rings (SSSR count). The summed E-state index contributed by atoms with van der Waals surface area (Å²) in [5, 5.41) is 66.8. The van der Waals surface area contributed by atoms with Crippen LogP contribution in [0.15, 0.2) is 0 Å². The fraction of sp³-hybridized carbons (Fsp3) is 0.917. The van der Waals surface area contributed by atoms with E-state index in [0.29, 0.717) is 0 Å². The van der Waals surface area contributed by atoms with Crippen molar-refractivity contribution < 1.29 is 54.8 Å². The fourth-order valence-electron chi connectivity index (χ4n) is 2.47. The number of carbonyl (C=O) groups is 1. The lowest BCUT2D eigenvalue weighted by atomic mass is 9.97. The van der Waals surface area contributed by atoms with Crippen LogP contribution in [0.25, 0.3) is 0 Å². The molecule has 0 amide bonds. The molecule has 2 saturated heterocycles. The second kappa shape index (κ2) is 7.34. The van der Waals surface area contributed by atoms with Gasteiger partial charge in [0.25, 0.3) is 0 Å². The fourth-order valence-corrected chi connectivity index (χ4v) is 2.47. The Bertz CT molecular complexity index is 414. The molecule has 11 nitrogen and oxygen atoms in total. The number of carbonyl (C=O) groups excluding carboxylic acids is 1. The number of hydrogen-bond acceptors (Lipinski definition) is 11. The average molecular weight is 340 g/mol. The molecule has 2 aliphatic rings. The molecule has 0 aromatic rings. The van der Waals surface area contributed by atoms with Gasteiger partial charge in [0.05, 0.1) is 13.2 Å². The minimum absolute atomic E-state index is 0.681. The maximum atomic E-state index is 11.3. The van der Waals surface area contributed by atoms with Crippen LogP contribution in [0.1, 0.15) is 0 Å². The van der Waals surface area contributed by atoms with Crippen LogP contribution in [0.5, 0.6) is 0 Å². The maximum absolute atomic E-state index is 11.3. The molecule has 0 bridgehead atoms. The summed E-state index contributed by atoms with van der Waals surface area (Å²) in [6.45, 7) is -1.42. The van der Waals surface area contributed by atoms with Crippen LogP contribution in [-0.2, 0) is 19.0 Å². The number of aliphatic hydroxyl groups excluding tert-OH is 7. The highest BCUT2D eigenvalue weighted by Crippen LogP contribution is 2.27. The molecular weight excluding hydrogens is 320 g/mol. The van der Waals surface area contributed by atoms with Crippen LogP contribution in [0, 0.1) is 0 Å². The Morgan fingerprint density at radius 2 is 1.48 bits per heavy atom. The molecule has 134 valence electrons. The molecule has 0 unspecified atom stereocenters. The third-order valence-electron chi connectivity index (χ3n) is 3.86. The standard InChI is InChI=1S/C12H20O11/c13-1-3-5(15)6(16)9(19)12(22-3)23-10-4(2-14)21-11(20)8(18)7(10)17/h3-10,12-19H,1-2H2/t3-,4-,5-,6+,7-,8-,9-,10-,12+/m1/s1. The maximum Gasteiger partial charge on any atom is 0.338 e. The first-order valence-corrected chi connectivity index (χ1v) is 6.95. The number of cyclic esters (lactones) is 1. The average Bonchev–Trinajstić information content (AvgIpc) is 2.55. The summed E-state index contributed by atoms with van der Waals surface area (Å²) in [5.74, 6) is -1.15. The van der Waals surface area contributed by atoms with Crippen LogP contribution in [0.4, 0.5) is 0 Å². The van der Waals surface area contributed by atoms with Crippen molar-refractivity contribution in [1.82, 2.24) is 0 Å². The summed E-state index contributed by atoms with van der Waals surface area (Å²) in [7, 11) is 0. The summed E-state index contributed by atoms with van der Waals surface area (Å²) < 4.78 is 15.0. The van der Waals surface area contributed by atoms with Crippen LogP contribution in [0.2, 0.25) is 0 Å². The molecule has 23 heavy (non-hydrogen) atoms. The minimum atomic E-state index is -1.92. The minimum Gasteiger partial charge on any atom is -0.455 e. The lowest BCUT2D eigenvalue weighted by molar-refractivity contribution is -0.331. The van der Waals surface area contributed by atoms with E-state index in [1.165, 1.54) is 0 Å². The van der Waals surface area contributed by atoms with Gasteiger partial charge >= 0.3 is 5.97 Å². The Balaban J connectivity index is 2.13. The second-order valence-electron chi connectivity index (χ2n) is 5.39. The molecule has 7 N–H and O–H groups in total. The Kier molecular flexibility index (Phi) is 5.89. The highest BCUT2D eigenvalue weighted by Gasteiger charge is 2.50. The highest BCUT2D eigenvalue weighted by atomic mass is 16.7. The quantitative estimate of drug-likeness (QED) is 0.242. The molecule has 0 saturated carbocycles. The molecule has 0 aromatic carbocycles. The molecule has 9 atom stereocenters. The van der Waals surface area contributed by atoms with E-state index in [1.54, 1.807) is 0 Å². The molecule has 0 spiro atoms. The summed E-state index contributed by atoms with van der Waals surface area (Å²) in [6, 6.07) is 0. The number of esters is 1. The van der Waals surface area contributed by atoms with Gasteiger partial charge in [-0.2, -0.15) is 0 Å². The van der Waals surface area contributed by atoms with Crippen LogP contribution >= 0.6 is 0 Å². The molecule has 0 aromatic heterocycles. The van der Waals surface area contributed by atoms with E-state index in [1.807, 2.05) is 0 Å². The Morgan fingerprint density at radius 3 is 2.04 bits per heavy atom. The van der Waals surface area contributed by atoms with Gasteiger partial charge < -0.3 is 50.0 Å². The molecule has 11 heteroatoms. The van der Waals surface area contributed by atoms with Gasteiger partial charge in [0, 0.05) is 0 Å². The van der Waals surface area contributed by atoms with Gasteiger partial charge in [-0.25, -0.2) is 4.79 Å². The topological polar surface area (TPSA) is 186 Å². The monoisotopic (exact) mass is 340 g/mol. The van der Waals surface area contributed by atoms with Crippen molar-refractivity contribution >= 4 is 5.97 Å². The van der Waals surface area contributed by atoms with Crippen molar-refractivity contribution in [1.29, 1.82) is 0 Å². The highest BCUT2D eigenvalue weighted by molar-refractivity contribution is 5.76. The summed E-state index contributed by atoms with van der Waals surface area (Å²) in [6.07, 6.45) is -14.4. The Labute approximate surface area is 130 Å². The predicted octanol–water partition coefficient (Wildman–Crippen LogP) is -5.19. The zero-order chi connectivity index (χ0) is 17.3. The molecular formula is C12H20O11. The van der Waals surface area contributed by atoms with Crippen molar-refractivity contribution in [3.05, 3.63) is 0 Å². The normalized spacial score (nSPS) is 48.1. The zero-order valence-electron chi connectivity index (χ0n) is 11.9. The summed E-state index contributed by atoms with van der Waals surface area (Å²) in [4.78, 5) is 11.3. The predicted molar refractivity (Wildman–Crippen MR) is 67.6 cm³/mol. The molecule has 2 aliphatic heterocycles. The van der Waals surface area contributed by atoms with Gasteiger partial charge in [-0.1, -0.05) is 0 Å². The Hall–Kier alpha value is -0.890. The van der Waals surface area contributed by atoms with Crippen LogP contribution in [0.3, 0.4) is 0 Å². The van der Waals surface area contributed by atoms with Crippen LogP contribution < -0.4 is 0 Å². The van der Waals surface area contributed by atoms with E-state index in [9.17, 15) is 35.4 Å². The van der Waals surface area contributed by atoms with Gasteiger partial charge in [-0.15, -0.1) is 0 Å². The van der Waals surface area contributed by atoms with Crippen molar-refractivity contribution in [2.75, 3.05) is 13.2 Å². The third kappa shape index (κ3) is 3.47. The van der Waals surface area contributed by atoms with E-state index >= 15 is 0 Å². The van der Waals surface area contributed by atoms with Crippen molar-refractivity contribution in [2.45, 2.75) is 55.1 Å². The number of ether oxygens (including phenoxy) is 3. The Morgan fingerprint density at radius 1 is 0.870 bits per heavy atom. The SMILES string of the molecule is O=C1O[C@H](CO)[C@@H](O[C@@H]2O[C@H](CO)[C@@H](O)[C@H](O)[C@H]2O)[C@H](O)[C@H]1O. The first-order valence-electron chi connectivity index (χ1n) is 6.95. The van der Waals surface area contributed by atoms with Crippen LogP contribution in [-0.4, -0.2) is 110 Å². The first kappa shape index (κ1) is 18.4. The van der Waals surface area contributed by atoms with Crippen molar-refractivity contribution in [3.8, 4) is 0 Å².